The van der Waals surface area contributed by atoms with Crippen molar-refractivity contribution in [2.24, 2.45) is 0 Å². The van der Waals surface area contributed by atoms with Gasteiger partial charge in [0.2, 0.25) is 0 Å². The Labute approximate surface area is 160 Å². The molecule has 3 nitrogen and oxygen atoms in total. The second kappa shape index (κ2) is 9.12. The number of rotatable bonds is 7. The smallest absolute Gasteiger partial charge is 0.387 e. The summed E-state index contributed by atoms with van der Waals surface area (Å²) in [6.07, 6.45) is 1.06. The number of benzene rings is 2. The number of ether oxygens (including phenoxy) is 1. The molecule has 0 aromatic heterocycles. The molecule has 0 radical (unpaired) electrons. The molecule has 2 rings (SSSR count). The molecule has 0 saturated heterocycles. The molecule has 0 saturated carbocycles. The van der Waals surface area contributed by atoms with Gasteiger partial charge in [-0.2, -0.15) is 8.78 Å². The lowest BCUT2D eigenvalue weighted by Gasteiger charge is -2.17. The molecule has 0 bridgehead atoms. The predicted molar refractivity (Wildman–Crippen MR) is 102 cm³/mol. The topological polar surface area (TPSA) is 38.3 Å². The third kappa shape index (κ3) is 5.27. The molecular weight excluding hydrogens is 404 g/mol. The van der Waals surface area contributed by atoms with E-state index in [-0.39, 0.29) is 17.4 Å². The van der Waals surface area contributed by atoms with Gasteiger partial charge in [-0.3, -0.25) is 4.79 Å². The van der Waals surface area contributed by atoms with Crippen molar-refractivity contribution in [3.8, 4) is 5.75 Å². The average molecular weight is 426 g/mol. The van der Waals surface area contributed by atoms with E-state index in [2.05, 4.69) is 52.0 Å². The Kier molecular flexibility index (Phi) is 7.14. The van der Waals surface area contributed by atoms with Crippen LogP contribution in [0.1, 0.15) is 60.6 Å². The summed E-state index contributed by atoms with van der Waals surface area (Å²) in [5, 5.41) is 2.83. The first-order chi connectivity index (χ1) is 12.3. The molecule has 0 aliphatic rings. The van der Waals surface area contributed by atoms with Gasteiger partial charge in [0.15, 0.2) is 0 Å². The van der Waals surface area contributed by atoms with Crippen molar-refractivity contribution in [3.63, 3.8) is 0 Å². The van der Waals surface area contributed by atoms with Crippen LogP contribution in [0, 0.1) is 0 Å². The minimum absolute atomic E-state index is 0.0581. The standard InChI is InChI=1S/C20H22BrF2NO2/c1-4-12(2)14-5-7-15(8-6-14)13(3)24-19(25)17-11-16(21)9-10-18(17)26-20(22)23/h5-13,20H,4H2,1-3H3,(H,24,25)/t12-,13+/m0/s1. The first-order valence-corrected chi connectivity index (χ1v) is 9.26. The fraction of sp³-hybridized carbons (Fsp3) is 0.350. The number of alkyl halides is 2. The second-order valence-electron chi connectivity index (χ2n) is 6.19. The van der Waals surface area contributed by atoms with Crippen molar-refractivity contribution in [1.29, 1.82) is 0 Å². The van der Waals surface area contributed by atoms with Crippen molar-refractivity contribution in [1.82, 2.24) is 5.32 Å². The van der Waals surface area contributed by atoms with Crippen LogP contribution >= 0.6 is 15.9 Å². The van der Waals surface area contributed by atoms with Gasteiger partial charge in [0.25, 0.3) is 5.91 Å². The van der Waals surface area contributed by atoms with E-state index in [1.54, 1.807) is 6.07 Å². The third-order valence-corrected chi connectivity index (χ3v) is 4.86. The Bertz CT molecular complexity index is 750. The summed E-state index contributed by atoms with van der Waals surface area (Å²) in [6.45, 7) is 3.16. The van der Waals surface area contributed by atoms with Gasteiger partial charge in [0.05, 0.1) is 11.6 Å². The van der Waals surface area contributed by atoms with Crippen LogP contribution in [0.25, 0.3) is 0 Å². The molecule has 1 N–H and O–H groups in total. The lowest BCUT2D eigenvalue weighted by molar-refractivity contribution is -0.0501. The van der Waals surface area contributed by atoms with Gasteiger partial charge >= 0.3 is 6.61 Å². The Morgan fingerprint density at radius 2 is 1.73 bits per heavy atom. The summed E-state index contributed by atoms with van der Waals surface area (Å²) < 4.78 is 30.2. The van der Waals surface area contributed by atoms with E-state index in [0.717, 1.165) is 12.0 Å². The molecule has 26 heavy (non-hydrogen) atoms. The number of nitrogens with one attached hydrogen (secondary N) is 1. The SMILES string of the molecule is CC[C@H](C)c1ccc([C@@H](C)NC(=O)c2cc(Br)ccc2OC(F)F)cc1. The Morgan fingerprint density at radius 1 is 1.12 bits per heavy atom. The second-order valence-corrected chi connectivity index (χ2v) is 7.11. The zero-order valence-electron chi connectivity index (χ0n) is 14.9. The van der Waals surface area contributed by atoms with Gasteiger partial charge in [-0.05, 0) is 48.6 Å². The van der Waals surface area contributed by atoms with E-state index in [1.807, 2.05) is 19.1 Å². The van der Waals surface area contributed by atoms with Gasteiger partial charge in [-0.15, -0.1) is 0 Å². The fourth-order valence-electron chi connectivity index (χ4n) is 2.59. The molecular formula is C20H22BrF2NO2. The lowest BCUT2D eigenvalue weighted by atomic mass is 9.96. The summed E-state index contributed by atoms with van der Waals surface area (Å²) in [4.78, 5) is 12.5. The van der Waals surface area contributed by atoms with Gasteiger partial charge in [-0.25, -0.2) is 0 Å². The summed E-state index contributed by atoms with van der Waals surface area (Å²) in [5.41, 5.74) is 2.24. The minimum atomic E-state index is -2.99. The Balaban J connectivity index is 2.15. The Morgan fingerprint density at radius 3 is 2.31 bits per heavy atom. The molecule has 0 heterocycles. The molecule has 2 aromatic rings. The minimum Gasteiger partial charge on any atom is -0.434 e. The van der Waals surface area contributed by atoms with E-state index < -0.39 is 12.5 Å². The number of carbonyl (C=O) groups is 1. The number of hydrogen-bond acceptors (Lipinski definition) is 2. The molecule has 2 aromatic carbocycles. The van der Waals surface area contributed by atoms with Gasteiger partial charge < -0.3 is 10.1 Å². The highest BCUT2D eigenvalue weighted by molar-refractivity contribution is 9.10. The van der Waals surface area contributed by atoms with Crippen molar-refractivity contribution in [2.75, 3.05) is 0 Å². The van der Waals surface area contributed by atoms with Crippen LogP contribution in [0.5, 0.6) is 5.75 Å². The highest BCUT2D eigenvalue weighted by Gasteiger charge is 2.18. The van der Waals surface area contributed by atoms with Gasteiger partial charge in [-0.1, -0.05) is 54.0 Å². The molecule has 0 aliphatic carbocycles. The molecule has 0 unspecified atom stereocenters. The van der Waals surface area contributed by atoms with Crippen LogP contribution in [-0.4, -0.2) is 12.5 Å². The lowest BCUT2D eigenvalue weighted by Crippen LogP contribution is -2.27. The van der Waals surface area contributed by atoms with Gasteiger partial charge in [0, 0.05) is 4.47 Å². The zero-order chi connectivity index (χ0) is 19.3. The number of carbonyl (C=O) groups excluding carboxylic acids is 1. The molecule has 0 spiro atoms. The zero-order valence-corrected chi connectivity index (χ0v) is 16.5. The molecule has 0 aliphatic heterocycles. The van der Waals surface area contributed by atoms with Crippen LogP contribution in [0.3, 0.4) is 0 Å². The van der Waals surface area contributed by atoms with E-state index in [4.69, 9.17) is 0 Å². The molecule has 6 heteroatoms. The third-order valence-electron chi connectivity index (χ3n) is 4.37. The fourth-order valence-corrected chi connectivity index (χ4v) is 2.95. The summed E-state index contributed by atoms with van der Waals surface area (Å²) in [5.74, 6) is -0.148. The van der Waals surface area contributed by atoms with E-state index >= 15 is 0 Å². The summed E-state index contributed by atoms with van der Waals surface area (Å²) in [6, 6.07) is 12.1. The monoisotopic (exact) mass is 425 g/mol. The largest absolute Gasteiger partial charge is 0.434 e. The van der Waals surface area contributed by atoms with Crippen LogP contribution in [0.4, 0.5) is 8.78 Å². The summed E-state index contributed by atoms with van der Waals surface area (Å²) >= 11 is 3.25. The van der Waals surface area contributed by atoms with Crippen molar-refractivity contribution in [3.05, 3.63) is 63.6 Å². The summed E-state index contributed by atoms with van der Waals surface area (Å²) in [7, 11) is 0. The van der Waals surface area contributed by atoms with Crippen molar-refractivity contribution >= 4 is 21.8 Å². The van der Waals surface area contributed by atoms with Crippen LogP contribution in [0.2, 0.25) is 0 Å². The van der Waals surface area contributed by atoms with Crippen molar-refractivity contribution < 1.29 is 18.3 Å². The quantitative estimate of drug-likeness (QED) is 0.585. The molecule has 0 fully saturated rings. The average Bonchev–Trinajstić information content (AvgIpc) is 2.62. The maximum Gasteiger partial charge on any atom is 0.387 e. The molecule has 1 amide bonds. The van der Waals surface area contributed by atoms with Gasteiger partial charge in [0.1, 0.15) is 5.75 Å². The maximum atomic E-state index is 12.6. The highest BCUT2D eigenvalue weighted by Crippen LogP contribution is 2.26. The van der Waals surface area contributed by atoms with Crippen LogP contribution in [-0.2, 0) is 0 Å². The number of amides is 1. The van der Waals surface area contributed by atoms with Crippen molar-refractivity contribution in [2.45, 2.75) is 45.8 Å². The van der Waals surface area contributed by atoms with E-state index in [0.29, 0.717) is 10.4 Å². The van der Waals surface area contributed by atoms with E-state index in [9.17, 15) is 13.6 Å². The Hall–Kier alpha value is -1.95. The first kappa shape index (κ1) is 20.4. The van der Waals surface area contributed by atoms with Crippen LogP contribution in [0.15, 0.2) is 46.9 Å². The molecule has 140 valence electrons. The maximum absolute atomic E-state index is 12.6. The predicted octanol–water partition coefficient (Wildman–Crippen LogP) is 6.06. The number of halogens is 3. The molecule has 2 atom stereocenters. The van der Waals surface area contributed by atoms with E-state index in [1.165, 1.54) is 17.7 Å². The van der Waals surface area contributed by atoms with Crippen LogP contribution < -0.4 is 10.1 Å². The normalized spacial score (nSPS) is 13.3. The number of hydrogen-bond donors (Lipinski definition) is 1. The first-order valence-electron chi connectivity index (χ1n) is 8.46. The highest BCUT2D eigenvalue weighted by atomic mass is 79.9.